The fourth-order valence-electron chi connectivity index (χ4n) is 1.65. The number of anilines is 2. The number of H-pyrrole nitrogens is 1. The number of rotatable bonds is 4. The van der Waals surface area contributed by atoms with Gasteiger partial charge in [0, 0.05) is 11.8 Å². The van der Waals surface area contributed by atoms with Gasteiger partial charge in [-0.1, -0.05) is 0 Å². The highest BCUT2D eigenvalue weighted by Crippen LogP contribution is 2.22. The van der Waals surface area contributed by atoms with E-state index in [9.17, 15) is 9.18 Å². The maximum absolute atomic E-state index is 13.7. The van der Waals surface area contributed by atoms with Crippen LogP contribution in [0, 0.1) is 12.7 Å². The number of aromatic nitrogens is 2. The van der Waals surface area contributed by atoms with Crippen LogP contribution in [-0.2, 0) is 0 Å². The third kappa shape index (κ3) is 2.71. The molecule has 0 aliphatic rings. The molecule has 106 valence electrons. The van der Waals surface area contributed by atoms with Crippen LogP contribution < -0.4 is 15.8 Å². The molecule has 0 atom stereocenters. The van der Waals surface area contributed by atoms with Gasteiger partial charge in [0.2, 0.25) is 0 Å². The van der Waals surface area contributed by atoms with Gasteiger partial charge in [-0.15, -0.1) is 0 Å². The predicted octanol–water partition coefficient (Wildman–Crippen LogP) is 2.09. The van der Waals surface area contributed by atoms with E-state index in [1.807, 2.05) is 0 Å². The maximum atomic E-state index is 13.7. The van der Waals surface area contributed by atoms with Crippen molar-refractivity contribution in [2.75, 3.05) is 17.7 Å². The molecule has 0 spiro atoms. The number of nitrogens with one attached hydrogen (secondary N) is 2. The molecule has 0 bridgehead atoms. The number of benzene rings is 1. The van der Waals surface area contributed by atoms with Crippen molar-refractivity contribution < 1.29 is 13.9 Å². The fourth-order valence-corrected chi connectivity index (χ4v) is 1.65. The first kappa shape index (κ1) is 13.9. The maximum Gasteiger partial charge on any atom is 0.278 e. The molecule has 6 nitrogen and oxygen atoms in total. The Kier molecular flexibility index (Phi) is 3.88. The minimum Gasteiger partial charge on any atom is -0.491 e. The normalized spacial score (nSPS) is 10.3. The standard InChI is InChI=1S/C13H15FN4O2/c1-3-20-10-5-4-8(6-9(10)14)16-13(19)12-11(15)7(2)17-18-12/h4-6H,3,15H2,1-2H3,(H,16,19)(H,17,18). The van der Waals surface area contributed by atoms with Gasteiger partial charge in [0.05, 0.1) is 18.0 Å². The number of carbonyl (C=O) groups is 1. The number of nitrogens with zero attached hydrogens (tertiary/aromatic N) is 1. The summed E-state index contributed by atoms with van der Waals surface area (Å²) >= 11 is 0. The predicted molar refractivity (Wildman–Crippen MR) is 73.3 cm³/mol. The highest BCUT2D eigenvalue weighted by Gasteiger charge is 2.16. The van der Waals surface area contributed by atoms with Gasteiger partial charge in [0.1, 0.15) is 0 Å². The number of nitrogens with two attached hydrogens (primary N) is 1. The fraction of sp³-hybridized carbons (Fsp3) is 0.231. The summed E-state index contributed by atoms with van der Waals surface area (Å²) in [6.45, 7) is 3.83. The Morgan fingerprint density at radius 2 is 2.30 bits per heavy atom. The first-order valence-corrected chi connectivity index (χ1v) is 6.07. The van der Waals surface area contributed by atoms with Crippen molar-refractivity contribution in [3.8, 4) is 5.75 Å². The molecule has 0 unspecified atom stereocenters. The Morgan fingerprint density at radius 3 is 2.85 bits per heavy atom. The SMILES string of the molecule is CCOc1ccc(NC(=O)c2n[nH]c(C)c2N)cc1F. The van der Waals surface area contributed by atoms with Crippen molar-refractivity contribution >= 4 is 17.3 Å². The number of aryl methyl sites for hydroxylation is 1. The highest BCUT2D eigenvalue weighted by molar-refractivity contribution is 6.06. The summed E-state index contributed by atoms with van der Waals surface area (Å²) in [5.41, 5.74) is 6.96. The molecular formula is C13H15FN4O2. The van der Waals surface area contributed by atoms with Gasteiger partial charge in [-0.3, -0.25) is 9.89 Å². The zero-order valence-corrected chi connectivity index (χ0v) is 11.2. The number of ether oxygens (including phenoxy) is 1. The van der Waals surface area contributed by atoms with Crippen molar-refractivity contribution in [3.63, 3.8) is 0 Å². The molecule has 0 saturated heterocycles. The van der Waals surface area contributed by atoms with Gasteiger partial charge < -0.3 is 15.8 Å². The number of hydrogen-bond acceptors (Lipinski definition) is 4. The topological polar surface area (TPSA) is 93.0 Å². The Morgan fingerprint density at radius 1 is 1.55 bits per heavy atom. The van der Waals surface area contributed by atoms with Crippen molar-refractivity contribution in [3.05, 3.63) is 35.4 Å². The number of hydrogen-bond donors (Lipinski definition) is 3. The lowest BCUT2D eigenvalue weighted by Gasteiger charge is -2.07. The van der Waals surface area contributed by atoms with Crippen LogP contribution in [0.3, 0.4) is 0 Å². The molecule has 0 aliphatic heterocycles. The van der Waals surface area contributed by atoms with Gasteiger partial charge in [-0.05, 0) is 26.0 Å². The van der Waals surface area contributed by atoms with E-state index in [1.54, 1.807) is 19.9 Å². The summed E-state index contributed by atoms with van der Waals surface area (Å²) in [4.78, 5) is 11.9. The van der Waals surface area contributed by atoms with E-state index in [-0.39, 0.29) is 17.1 Å². The van der Waals surface area contributed by atoms with E-state index >= 15 is 0 Å². The van der Waals surface area contributed by atoms with Crippen molar-refractivity contribution in [1.82, 2.24) is 10.2 Å². The zero-order valence-electron chi connectivity index (χ0n) is 11.2. The van der Waals surface area contributed by atoms with Gasteiger partial charge in [0.15, 0.2) is 17.3 Å². The number of amides is 1. The molecular weight excluding hydrogens is 263 g/mol. The smallest absolute Gasteiger partial charge is 0.278 e. The van der Waals surface area contributed by atoms with E-state index in [0.717, 1.165) is 0 Å². The lowest BCUT2D eigenvalue weighted by atomic mass is 10.2. The van der Waals surface area contributed by atoms with Gasteiger partial charge in [-0.25, -0.2) is 4.39 Å². The highest BCUT2D eigenvalue weighted by atomic mass is 19.1. The van der Waals surface area contributed by atoms with Crippen molar-refractivity contribution in [2.45, 2.75) is 13.8 Å². The number of nitrogen functional groups attached to an aromatic ring is 1. The molecule has 20 heavy (non-hydrogen) atoms. The molecule has 0 saturated carbocycles. The quantitative estimate of drug-likeness (QED) is 0.798. The van der Waals surface area contributed by atoms with Gasteiger partial charge >= 0.3 is 0 Å². The second-order valence-corrected chi connectivity index (χ2v) is 4.14. The second-order valence-electron chi connectivity index (χ2n) is 4.14. The van der Waals surface area contributed by atoms with Crippen LogP contribution >= 0.6 is 0 Å². The lowest BCUT2D eigenvalue weighted by molar-refractivity contribution is 0.102. The van der Waals surface area contributed by atoms with E-state index in [1.165, 1.54) is 12.1 Å². The average molecular weight is 278 g/mol. The summed E-state index contributed by atoms with van der Waals surface area (Å²) in [6.07, 6.45) is 0. The molecule has 2 aromatic rings. The summed E-state index contributed by atoms with van der Waals surface area (Å²) < 4.78 is 18.7. The third-order valence-corrected chi connectivity index (χ3v) is 2.70. The summed E-state index contributed by atoms with van der Waals surface area (Å²) in [5.74, 6) is -0.910. The van der Waals surface area contributed by atoms with Crippen LogP contribution in [-0.4, -0.2) is 22.7 Å². The second kappa shape index (κ2) is 5.60. The summed E-state index contributed by atoms with van der Waals surface area (Å²) in [5, 5.41) is 8.94. The molecule has 1 heterocycles. The van der Waals surface area contributed by atoms with E-state index < -0.39 is 11.7 Å². The van der Waals surface area contributed by atoms with Gasteiger partial charge in [0.25, 0.3) is 5.91 Å². The number of carbonyl (C=O) groups excluding carboxylic acids is 1. The van der Waals surface area contributed by atoms with E-state index in [2.05, 4.69) is 15.5 Å². The first-order chi connectivity index (χ1) is 9.52. The molecule has 2 rings (SSSR count). The summed E-state index contributed by atoms with van der Waals surface area (Å²) in [7, 11) is 0. The third-order valence-electron chi connectivity index (χ3n) is 2.70. The van der Waals surface area contributed by atoms with Crippen molar-refractivity contribution in [2.24, 2.45) is 0 Å². The molecule has 7 heteroatoms. The first-order valence-electron chi connectivity index (χ1n) is 6.07. The van der Waals surface area contributed by atoms with Gasteiger partial charge in [-0.2, -0.15) is 5.10 Å². The van der Waals surface area contributed by atoms with Crippen molar-refractivity contribution in [1.29, 1.82) is 0 Å². The average Bonchev–Trinajstić information content (AvgIpc) is 2.73. The molecule has 0 fully saturated rings. The minimum atomic E-state index is -0.546. The molecule has 1 aromatic heterocycles. The molecule has 0 radical (unpaired) electrons. The summed E-state index contributed by atoms with van der Waals surface area (Å²) in [6, 6.07) is 4.17. The molecule has 1 aromatic carbocycles. The molecule has 0 aliphatic carbocycles. The molecule has 4 N–H and O–H groups in total. The zero-order chi connectivity index (χ0) is 14.7. The lowest BCUT2D eigenvalue weighted by Crippen LogP contribution is -2.14. The Hall–Kier alpha value is -2.57. The number of aromatic amines is 1. The van der Waals surface area contributed by atoms with E-state index in [0.29, 0.717) is 18.0 Å². The molecule has 1 amide bonds. The minimum absolute atomic E-state index is 0.0804. The Labute approximate surface area is 115 Å². The Bertz CT molecular complexity index is 639. The number of halogens is 1. The van der Waals surface area contributed by atoms with Crippen LogP contribution in [0.5, 0.6) is 5.75 Å². The van der Waals surface area contributed by atoms with Crippen LogP contribution in [0.4, 0.5) is 15.8 Å². The van der Waals surface area contributed by atoms with Crippen LogP contribution in [0.2, 0.25) is 0 Å². The van der Waals surface area contributed by atoms with Crippen LogP contribution in [0.15, 0.2) is 18.2 Å². The monoisotopic (exact) mass is 278 g/mol. The van der Waals surface area contributed by atoms with Crippen LogP contribution in [0.1, 0.15) is 23.1 Å². The van der Waals surface area contributed by atoms with Crippen LogP contribution in [0.25, 0.3) is 0 Å². The van der Waals surface area contributed by atoms with E-state index in [4.69, 9.17) is 10.5 Å². The Balaban J connectivity index is 2.16. The largest absolute Gasteiger partial charge is 0.491 e.